The maximum Gasteiger partial charge on any atom is 0.356 e. The Kier molecular flexibility index (Phi) is 6.11. The zero-order chi connectivity index (χ0) is 26.9. The van der Waals surface area contributed by atoms with Crippen LogP contribution in [0, 0.1) is 0 Å². The molecule has 4 nitrogen and oxygen atoms in total. The standard InChI is InChI=1S/C35H23N3OS/c39-34-36-33(26-16-8-3-9-17-26)37-35-38(34)31(29-20-10-18-27(22-29)24-12-4-1-5-13-24)32(40-35)30-21-11-19-28(23-30)25-14-6-2-7-15-25/h1-23H. The smallest absolute Gasteiger partial charge is 0.245 e. The van der Waals surface area contributed by atoms with Crippen LogP contribution in [0.1, 0.15) is 0 Å². The first-order chi connectivity index (χ1) is 19.7. The van der Waals surface area contributed by atoms with Gasteiger partial charge in [0.25, 0.3) is 0 Å². The van der Waals surface area contributed by atoms with Crippen molar-refractivity contribution in [2.24, 2.45) is 0 Å². The molecule has 0 aliphatic carbocycles. The highest BCUT2D eigenvalue weighted by atomic mass is 32.1. The van der Waals surface area contributed by atoms with E-state index in [2.05, 4.69) is 71.7 Å². The Morgan fingerprint density at radius 3 is 1.55 bits per heavy atom. The summed E-state index contributed by atoms with van der Waals surface area (Å²) >= 11 is 1.51. The minimum absolute atomic E-state index is 0.342. The maximum atomic E-state index is 13.7. The quantitative estimate of drug-likeness (QED) is 0.223. The van der Waals surface area contributed by atoms with E-state index in [9.17, 15) is 4.79 Å². The van der Waals surface area contributed by atoms with E-state index in [1.54, 1.807) is 4.40 Å². The second kappa shape index (κ2) is 10.2. The molecule has 5 aromatic carbocycles. The molecule has 7 rings (SSSR count). The van der Waals surface area contributed by atoms with Crippen LogP contribution in [0.2, 0.25) is 0 Å². The van der Waals surface area contributed by atoms with Crippen molar-refractivity contribution in [2.75, 3.05) is 0 Å². The van der Waals surface area contributed by atoms with Gasteiger partial charge in [-0.15, -0.1) is 0 Å². The van der Waals surface area contributed by atoms with E-state index < -0.39 is 0 Å². The van der Waals surface area contributed by atoms with Crippen molar-refractivity contribution in [3.05, 3.63) is 150 Å². The zero-order valence-electron chi connectivity index (χ0n) is 21.4. The predicted octanol–water partition coefficient (Wildman–Crippen LogP) is 8.49. The van der Waals surface area contributed by atoms with E-state index in [4.69, 9.17) is 4.98 Å². The van der Waals surface area contributed by atoms with E-state index in [0.29, 0.717) is 10.8 Å². The van der Waals surface area contributed by atoms with E-state index in [0.717, 1.165) is 49.5 Å². The second-order valence-electron chi connectivity index (χ2n) is 9.49. The molecule has 2 aromatic heterocycles. The Labute approximate surface area is 235 Å². The third-order valence-corrected chi connectivity index (χ3v) is 8.01. The molecule has 0 saturated carbocycles. The van der Waals surface area contributed by atoms with Crippen LogP contribution < -0.4 is 5.69 Å². The number of nitrogens with zero attached hydrogens (tertiary/aromatic N) is 3. The van der Waals surface area contributed by atoms with Crippen molar-refractivity contribution in [1.82, 2.24) is 14.4 Å². The molecule has 0 aliphatic rings. The number of hydrogen-bond acceptors (Lipinski definition) is 4. The Morgan fingerprint density at radius 1 is 0.475 bits per heavy atom. The summed E-state index contributed by atoms with van der Waals surface area (Å²) in [4.78, 5) is 24.5. The summed E-state index contributed by atoms with van der Waals surface area (Å²) in [6.45, 7) is 0. The summed E-state index contributed by atoms with van der Waals surface area (Å²) in [6.07, 6.45) is 0. The highest BCUT2D eigenvalue weighted by molar-refractivity contribution is 7.20. The number of rotatable bonds is 5. The van der Waals surface area contributed by atoms with Crippen molar-refractivity contribution in [3.63, 3.8) is 0 Å². The molecule has 5 heteroatoms. The summed E-state index contributed by atoms with van der Waals surface area (Å²) in [5.41, 5.74) is 7.68. The molecule has 0 saturated heterocycles. The van der Waals surface area contributed by atoms with Gasteiger partial charge in [0.05, 0.1) is 10.6 Å². The van der Waals surface area contributed by atoms with E-state index in [1.807, 2.05) is 72.8 Å². The normalized spacial score (nSPS) is 11.1. The molecule has 7 aromatic rings. The van der Waals surface area contributed by atoms with Gasteiger partial charge in [0.1, 0.15) is 0 Å². The van der Waals surface area contributed by atoms with E-state index in [-0.39, 0.29) is 5.69 Å². The average molecular weight is 534 g/mol. The molecule has 0 bridgehead atoms. The van der Waals surface area contributed by atoms with Crippen LogP contribution in [0.25, 0.3) is 60.3 Å². The number of aromatic nitrogens is 3. The molecule has 0 radical (unpaired) electrons. The van der Waals surface area contributed by atoms with Crippen molar-refractivity contribution < 1.29 is 0 Å². The van der Waals surface area contributed by atoms with Gasteiger partial charge in [0.2, 0.25) is 4.96 Å². The van der Waals surface area contributed by atoms with E-state index in [1.165, 1.54) is 11.3 Å². The van der Waals surface area contributed by atoms with Crippen LogP contribution in [-0.2, 0) is 0 Å². The van der Waals surface area contributed by atoms with Crippen molar-refractivity contribution in [2.45, 2.75) is 0 Å². The molecule has 0 spiro atoms. The minimum atomic E-state index is -0.342. The SMILES string of the molecule is O=c1nc(-c2ccccc2)nc2sc(-c3cccc(-c4ccccc4)c3)c(-c3cccc(-c4ccccc4)c3)n12. The van der Waals surface area contributed by atoms with Gasteiger partial charge in [-0.1, -0.05) is 139 Å². The minimum Gasteiger partial charge on any atom is -0.245 e. The Balaban J connectivity index is 1.48. The topological polar surface area (TPSA) is 47.3 Å². The molecule has 0 N–H and O–H groups in total. The Bertz CT molecular complexity index is 2010. The van der Waals surface area contributed by atoms with Gasteiger partial charge in [-0.25, -0.2) is 9.20 Å². The molecular formula is C35H23N3OS. The Morgan fingerprint density at radius 2 is 0.950 bits per heavy atom. The van der Waals surface area contributed by atoms with Gasteiger partial charge in [0.15, 0.2) is 5.82 Å². The van der Waals surface area contributed by atoms with Crippen LogP contribution in [-0.4, -0.2) is 14.4 Å². The lowest BCUT2D eigenvalue weighted by Crippen LogP contribution is -2.19. The summed E-state index contributed by atoms with van der Waals surface area (Å²) in [5, 5.41) is 0. The predicted molar refractivity (Wildman–Crippen MR) is 164 cm³/mol. The third-order valence-electron chi connectivity index (χ3n) is 6.92. The second-order valence-corrected chi connectivity index (χ2v) is 10.5. The fraction of sp³-hybridized carbons (Fsp3) is 0. The molecule has 0 fully saturated rings. The lowest BCUT2D eigenvalue weighted by atomic mass is 9.98. The van der Waals surface area contributed by atoms with Gasteiger partial charge in [-0.05, 0) is 39.9 Å². The van der Waals surface area contributed by atoms with Crippen molar-refractivity contribution in [1.29, 1.82) is 0 Å². The number of hydrogen-bond donors (Lipinski definition) is 0. The molecule has 40 heavy (non-hydrogen) atoms. The number of thiazole rings is 1. The zero-order valence-corrected chi connectivity index (χ0v) is 22.3. The highest BCUT2D eigenvalue weighted by Crippen LogP contribution is 2.40. The van der Waals surface area contributed by atoms with Crippen LogP contribution in [0.3, 0.4) is 0 Å². The van der Waals surface area contributed by atoms with E-state index >= 15 is 0 Å². The molecule has 0 atom stereocenters. The first-order valence-electron chi connectivity index (χ1n) is 13.1. The third kappa shape index (κ3) is 4.42. The first-order valence-corrected chi connectivity index (χ1v) is 13.9. The van der Waals surface area contributed by atoms with Crippen LogP contribution >= 0.6 is 11.3 Å². The molecule has 0 amide bonds. The maximum absolute atomic E-state index is 13.7. The van der Waals surface area contributed by atoms with Gasteiger partial charge in [-0.2, -0.15) is 9.97 Å². The molecule has 2 heterocycles. The lowest BCUT2D eigenvalue weighted by molar-refractivity contribution is 0.974. The lowest BCUT2D eigenvalue weighted by Gasteiger charge is -2.10. The largest absolute Gasteiger partial charge is 0.356 e. The van der Waals surface area contributed by atoms with Crippen molar-refractivity contribution in [3.8, 4) is 55.3 Å². The summed E-state index contributed by atoms with van der Waals surface area (Å²) < 4.78 is 1.66. The number of benzene rings is 5. The van der Waals surface area contributed by atoms with Gasteiger partial charge < -0.3 is 0 Å². The fourth-order valence-electron chi connectivity index (χ4n) is 5.01. The first kappa shape index (κ1) is 23.9. The summed E-state index contributed by atoms with van der Waals surface area (Å²) in [6, 6.07) is 47.0. The van der Waals surface area contributed by atoms with Crippen molar-refractivity contribution >= 4 is 16.3 Å². The molecule has 190 valence electrons. The molecular weight excluding hydrogens is 510 g/mol. The molecule has 0 aliphatic heterocycles. The summed E-state index contributed by atoms with van der Waals surface area (Å²) in [5.74, 6) is 0.432. The molecule has 0 unspecified atom stereocenters. The van der Waals surface area contributed by atoms with Crippen LogP contribution in [0.15, 0.2) is 144 Å². The Hall–Kier alpha value is -5.13. The monoisotopic (exact) mass is 533 g/mol. The average Bonchev–Trinajstić information content (AvgIpc) is 3.43. The van der Waals surface area contributed by atoms with Gasteiger partial charge in [-0.3, -0.25) is 0 Å². The van der Waals surface area contributed by atoms with Crippen LogP contribution in [0.4, 0.5) is 0 Å². The highest BCUT2D eigenvalue weighted by Gasteiger charge is 2.21. The fourth-order valence-corrected chi connectivity index (χ4v) is 6.13. The number of fused-ring (bicyclic) bond motifs is 1. The van der Waals surface area contributed by atoms with Gasteiger partial charge >= 0.3 is 5.69 Å². The van der Waals surface area contributed by atoms with Crippen LogP contribution in [0.5, 0.6) is 0 Å². The summed E-state index contributed by atoms with van der Waals surface area (Å²) in [7, 11) is 0. The van der Waals surface area contributed by atoms with Gasteiger partial charge in [0, 0.05) is 11.1 Å².